The van der Waals surface area contributed by atoms with Crippen LogP contribution in [0.2, 0.25) is 0 Å². The van der Waals surface area contributed by atoms with Crippen molar-refractivity contribution in [2.24, 2.45) is 0 Å². The molecule has 2 nitrogen and oxygen atoms in total. The normalized spacial score (nSPS) is 34.2. The minimum Gasteiger partial charge on any atom is -0.501 e. The van der Waals surface area contributed by atoms with E-state index in [4.69, 9.17) is 4.74 Å². The van der Waals surface area contributed by atoms with E-state index in [0.717, 1.165) is 18.3 Å². The van der Waals surface area contributed by atoms with Crippen LogP contribution < -0.4 is 0 Å². The van der Waals surface area contributed by atoms with Crippen molar-refractivity contribution < 1.29 is 9.30 Å². The molecule has 1 aliphatic rings. The van der Waals surface area contributed by atoms with Gasteiger partial charge in [0.2, 0.25) is 0 Å². The van der Waals surface area contributed by atoms with Crippen molar-refractivity contribution in [2.45, 2.75) is 6.42 Å². The van der Waals surface area contributed by atoms with Gasteiger partial charge in [0, 0.05) is 18.4 Å². The lowest BCUT2D eigenvalue weighted by Gasteiger charge is -1.93. The van der Waals surface area contributed by atoms with E-state index in [9.17, 15) is 4.57 Å². The third-order valence-electron chi connectivity index (χ3n) is 1.48. The Hall–Kier alpha value is -0.230. The van der Waals surface area contributed by atoms with Crippen molar-refractivity contribution in [3.05, 3.63) is 11.6 Å². The molecular weight excluding hydrogens is 135 g/mol. The molecule has 0 amide bonds. The third-order valence-corrected chi connectivity index (χ3v) is 3.43. The van der Waals surface area contributed by atoms with Gasteiger partial charge in [0.15, 0.2) is 0 Å². The molecule has 0 aliphatic carbocycles. The third kappa shape index (κ3) is 1.59. The van der Waals surface area contributed by atoms with Crippen molar-refractivity contribution in [3.8, 4) is 0 Å². The molecule has 1 rings (SSSR count). The second-order valence-electron chi connectivity index (χ2n) is 2.45. The van der Waals surface area contributed by atoms with Crippen LogP contribution >= 0.6 is 7.14 Å². The molecule has 9 heavy (non-hydrogen) atoms. The summed E-state index contributed by atoms with van der Waals surface area (Å²) in [7, 11) is -0.281. The van der Waals surface area contributed by atoms with Gasteiger partial charge in [-0.15, -0.1) is 0 Å². The van der Waals surface area contributed by atoms with Gasteiger partial charge in [-0.2, -0.15) is 0 Å². The minimum absolute atomic E-state index is 0.788. The number of allylic oxidation sites excluding steroid dienone is 1. The standard InChI is InChI=1S/C6H11O2P/c1-8-6-3-4-9(2,7)5-6/h5H,3-4H2,1-2H3. The number of rotatable bonds is 1. The zero-order chi connectivity index (χ0) is 6.91. The van der Waals surface area contributed by atoms with E-state index in [1.807, 2.05) is 0 Å². The molecule has 0 aromatic heterocycles. The summed E-state index contributed by atoms with van der Waals surface area (Å²) in [5.41, 5.74) is 0. The Balaban J connectivity index is 2.72. The monoisotopic (exact) mass is 146 g/mol. The van der Waals surface area contributed by atoms with Crippen LogP contribution in [0, 0.1) is 0 Å². The lowest BCUT2D eigenvalue weighted by Crippen LogP contribution is -1.80. The largest absolute Gasteiger partial charge is 0.501 e. The van der Waals surface area contributed by atoms with E-state index in [1.54, 1.807) is 19.6 Å². The summed E-state index contributed by atoms with van der Waals surface area (Å²) in [6.45, 7) is 1.79. The second kappa shape index (κ2) is 2.18. The fourth-order valence-electron chi connectivity index (χ4n) is 0.921. The molecule has 1 unspecified atom stereocenters. The van der Waals surface area contributed by atoms with Gasteiger partial charge in [-0.3, -0.25) is 0 Å². The van der Waals surface area contributed by atoms with E-state index in [1.165, 1.54) is 0 Å². The average molecular weight is 146 g/mol. The maximum atomic E-state index is 11.2. The van der Waals surface area contributed by atoms with Gasteiger partial charge in [-0.05, 0) is 6.66 Å². The highest BCUT2D eigenvalue weighted by Crippen LogP contribution is 2.50. The average Bonchev–Trinajstić information content (AvgIpc) is 2.10. The Kier molecular flexibility index (Phi) is 1.67. The maximum absolute atomic E-state index is 11.2. The molecular formula is C6H11O2P. The highest BCUT2D eigenvalue weighted by Gasteiger charge is 2.21. The van der Waals surface area contributed by atoms with Gasteiger partial charge >= 0.3 is 0 Å². The van der Waals surface area contributed by atoms with Gasteiger partial charge in [-0.1, -0.05) is 0 Å². The Labute approximate surface area is 55.3 Å². The quantitative estimate of drug-likeness (QED) is 0.528. The fourth-order valence-corrected chi connectivity index (χ4v) is 2.56. The van der Waals surface area contributed by atoms with Crippen molar-refractivity contribution in [2.75, 3.05) is 19.9 Å². The van der Waals surface area contributed by atoms with Crippen LogP contribution in [0.1, 0.15) is 6.42 Å². The first-order valence-electron chi connectivity index (χ1n) is 2.96. The Morgan fingerprint density at radius 2 is 2.44 bits per heavy atom. The molecule has 3 heteroatoms. The molecule has 0 N–H and O–H groups in total. The van der Waals surface area contributed by atoms with Gasteiger partial charge in [0.05, 0.1) is 12.9 Å². The Morgan fingerprint density at radius 3 is 2.67 bits per heavy atom. The van der Waals surface area contributed by atoms with E-state index in [-0.39, 0.29) is 0 Å². The summed E-state index contributed by atoms with van der Waals surface area (Å²) < 4.78 is 16.2. The minimum atomic E-state index is -1.90. The van der Waals surface area contributed by atoms with Crippen LogP contribution in [0.3, 0.4) is 0 Å². The molecule has 0 radical (unpaired) electrons. The molecule has 0 saturated carbocycles. The summed E-state index contributed by atoms with van der Waals surface area (Å²) in [4.78, 5) is 0. The van der Waals surface area contributed by atoms with Crippen molar-refractivity contribution >= 4 is 7.14 Å². The summed E-state index contributed by atoms with van der Waals surface area (Å²) >= 11 is 0. The highest BCUT2D eigenvalue weighted by molar-refractivity contribution is 7.66. The van der Waals surface area contributed by atoms with Crippen molar-refractivity contribution in [1.82, 2.24) is 0 Å². The van der Waals surface area contributed by atoms with E-state index < -0.39 is 7.14 Å². The first-order valence-corrected chi connectivity index (χ1v) is 5.37. The summed E-state index contributed by atoms with van der Waals surface area (Å²) in [5.74, 6) is 2.66. The van der Waals surface area contributed by atoms with E-state index >= 15 is 0 Å². The smallest absolute Gasteiger partial charge is 0.109 e. The Bertz CT molecular complexity index is 183. The van der Waals surface area contributed by atoms with Crippen LogP contribution in [-0.2, 0) is 9.30 Å². The van der Waals surface area contributed by atoms with Crippen molar-refractivity contribution in [1.29, 1.82) is 0 Å². The Morgan fingerprint density at radius 1 is 1.78 bits per heavy atom. The van der Waals surface area contributed by atoms with Gasteiger partial charge in [0.1, 0.15) is 7.14 Å². The van der Waals surface area contributed by atoms with Gasteiger partial charge < -0.3 is 9.30 Å². The SMILES string of the molecule is COC1=CP(C)(=O)CC1. The number of ether oxygens (including phenoxy) is 1. The molecule has 52 valence electrons. The number of hydrogen-bond acceptors (Lipinski definition) is 2. The molecule has 1 atom stereocenters. The lowest BCUT2D eigenvalue weighted by atomic mass is 10.4. The molecule has 0 saturated heterocycles. The zero-order valence-corrected chi connectivity index (χ0v) is 6.65. The summed E-state index contributed by atoms with van der Waals surface area (Å²) in [6.07, 6.45) is 1.64. The zero-order valence-electron chi connectivity index (χ0n) is 5.76. The molecule has 0 aromatic carbocycles. The fraction of sp³-hybridized carbons (Fsp3) is 0.667. The predicted molar refractivity (Wildman–Crippen MR) is 38.1 cm³/mol. The molecule has 0 spiro atoms. The molecule has 0 bridgehead atoms. The van der Waals surface area contributed by atoms with Crippen molar-refractivity contribution in [3.63, 3.8) is 0 Å². The summed E-state index contributed by atoms with van der Waals surface area (Å²) in [6, 6.07) is 0. The van der Waals surface area contributed by atoms with Crippen LogP contribution in [0.5, 0.6) is 0 Å². The molecule has 0 fully saturated rings. The lowest BCUT2D eigenvalue weighted by molar-refractivity contribution is 0.284. The van der Waals surface area contributed by atoms with Crippen LogP contribution in [-0.4, -0.2) is 19.9 Å². The van der Waals surface area contributed by atoms with Gasteiger partial charge in [0.25, 0.3) is 0 Å². The molecule has 0 aromatic rings. The first-order chi connectivity index (χ1) is 4.14. The van der Waals surface area contributed by atoms with E-state index in [2.05, 4.69) is 0 Å². The highest BCUT2D eigenvalue weighted by atomic mass is 31.2. The molecule has 1 aliphatic heterocycles. The summed E-state index contributed by atoms with van der Waals surface area (Å²) in [5, 5.41) is 0. The maximum Gasteiger partial charge on any atom is 0.109 e. The second-order valence-corrected chi connectivity index (χ2v) is 5.50. The number of hydrogen-bond donors (Lipinski definition) is 0. The van der Waals surface area contributed by atoms with Gasteiger partial charge in [-0.25, -0.2) is 0 Å². The molecule has 1 heterocycles. The first kappa shape index (κ1) is 6.88. The number of methoxy groups -OCH3 is 1. The van der Waals surface area contributed by atoms with Crippen LogP contribution in [0.15, 0.2) is 11.6 Å². The van der Waals surface area contributed by atoms with Crippen LogP contribution in [0.25, 0.3) is 0 Å². The topological polar surface area (TPSA) is 26.3 Å². The van der Waals surface area contributed by atoms with Crippen LogP contribution in [0.4, 0.5) is 0 Å². The van der Waals surface area contributed by atoms with E-state index in [0.29, 0.717) is 0 Å². The predicted octanol–water partition coefficient (Wildman–Crippen LogP) is 1.87.